The molecule has 1 N–H and O–H groups in total. The van der Waals surface area contributed by atoms with Crippen LogP contribution < -0.4 is 5.32 Å². The summed E-state index contributed by atoms with van der Waals surface area (Å²) in [6, 6.07) is 6.25. The maximum Gasteiger partial charge on any atom is 0.251 e. The molecule has 15 heavy (non-hydrogen) atoms. The predicted molar refractivity (Wildman–Crippen MR) is 69.0 cm³/mol. The molecule has 3 heteroatoms. The van der Waals surface area contributed by atoms with Crippen molar-refractivity contribution in [2.45, 2.75) is 32.2 Å². The molecule has 0 aliphatic heterocycles. The summed E-state index contributed by atoms with van der Waals surface area (Å²) >= 11 is 2.28. The third-order valence-electron chi connectivity index (χ3n) is 2.86. The van der Waals surface area contributed by atoms with E-state index in [1.165, 1.54) is 9.99 Å². The number of benzene rings is 1. The zero-order valence-corrected chi connectivity index (χ0v) is 10.9. The lowest BCUT2D eigenvalue weighted by Crippen LogP contribution is -2.39. The van der Waals surface area contributed by atoms with E-state index < -0.39 is 0 Å². The summed E-state index contributed by atoms with van der Waals surface area (Å²) in [6.07, 6.45) is 3.51. The van der Waals surface area contributed by atoms with Crippen LogP contribution in [0.25, 0.3) is 0 Å². The summed E-state index contributed by atoms with van der Waals surface area (Å²) in [5, 5.41) is 3.04. The minimum absolute atomic E-state index is 0.0687. The highest BCUT2D eigenvalue weighted by molar-refractivity contribution is 14.1. The number of hydrogen-bond donors (Lipinski definition) is 1. The molecule has 0 saturated heterocycles. The van der Waals surface area contributed by atoms with Crippen LogP contribution >= 0.6 is 22.6 Å². The van der Waals surface area contributed by atoms with Crippen LogP contribution in [0.4, 0.5) is 0 Å². The fraction of sp³-hybridized carbons (Fsp3) is 0.417. The molecule has 1 fully saturated rings. The maximum absolute atomic E-state index is 11.8. The first-order valence-corrected chi connectivity index (χ1v) is 6.32. The van der Waals surface area contributed by atoms with Crippen LogP contribution in [-0.2, 0) is 0 Å². The van der Waals surface area contributed by atoms with Crippen LogP contribution in [0.2, 0.25) is 0 Å². The van der Waals surface area contributed by atoms with E-state index in [9.17, 15) is 4.79 Å². The Labute approximate surface area is 104 Å². The molecule has 1 amide bonds. The summed E-state index contributed by atoms with van der Waals surface area (Å²) in [4.78, 5) is 11.8. The van der Waals surface area contributed by atoms with Crippen molar-refractivity contribution in [3.8, 4) is 0 Å². The molecule has 1 aliphatic rings. The first kappa shape index (κ1) is 10.9. The molecule has 0 heterocycles. The SMILES string of the molecule is Cc1cc(C(=O)NC2CCC2)ccc1I. The van der Waals surface area contributed by atoms with E-state index in [0.29, 0.717) is 6.04 Å². The molecule has 0 unspecified atom stereocenters. The van der Waals surface area contributed by atoms with E-state index in [4.69, 9.17) is 0 Å². The third kappa shape index (κ3) is 2.51. The van der Waals surface area contributed by atoms with E-state index in [0.717, 1.165) is 24.0 Å². The monoisotopic (exact) mass is 315 g/mol. The summed E-state index contributed by atoms with van der Waals surface area (Å²) in [5.41, 5.74) is 1.94. The number of aryl methyl sites for hydroxylation is 1. The van der Waals surface area contributed by atoms with Gasteiger partial charge < -0.3 is 5.32 Å². The van der Waals surface area contributed by atoms with Crippen LogP contribution in [0.15, 0.2) is 18.2 Å². The summed E-state index contributed by atoms with van der Waals surface area (Å²) in [5.74, 6) is 0.0687. The quantitative estimate of drug-likeness (QED) is 0.836. The van der Waals surface area contributed by atoms with Gasteiger partial charge in [-0.3, -0.25) is 4.79 Å². The van der Waals surface area contributed by atoms with Crippen LogP contribution in [0.1, 0.15) is 35.2 Å². The standard InChI is InChI=1S/C12H14INO/c1-8-7-9(5-6-11(8)13)12(15)14-10-3-2-4-10/h5-7,10H,2-4H2,1H3,(H,14,15). The van der Waals surface area contributed by atoms with Crippen molar-refractivity contribution in [1.29, 1.82) is 0 Å². The number of hydrogen-bond acceptors (Lipinski definition) is 1. The second-order valence-corrected chi connectivity index (χ2v) is 5.23. The highest BCUT2D eigenvalue weighted by Crippen LogP contribution is 2.19. The average Bonchev–Trinajstić information content (AvgIpc) is 2.15. The molecule has 0 aromatic heterocycles. The van der Waals surface area contributed by atoms with Gasteiger partial charge in [-0.2, -0.15) is 0 Å². The molecule has 1 saturated carbocycles. The van der Waals surface area contributed by atoms with Crippen LogP contribution in [0.3, 0.4) is 0 Å². The summed E-state index contributed by atoms with van der Waals surface area (Å²) < 4.78 is 1.20. The van der Waals surface area contributed by atoms with E-state index in [-0.39, 0.29) is 5.91 Å². The van der Waals surface area contributed by atoms with Gasteiger partial charge in [0.1, 0.15) is 0 Å². The number of halogens is 1. The highest BCUT2D eigenvalue weighted by Gasteiger charge is 2.20. The van der Waals surface area contributed by atoms with Gasteiger partial charge in [0.05, 0.1) is 0 Å². The number of carbonyl (C=O) groups excluding carboxylic acids is 1. The van der Waals surface area contributed by atoms with Crippen LogP contribution in [0, 0.1) is 10.5 Å². The van der Waals surface area contributed by atoms with Crippen molar-refractivity contribution < 1.29 is 4.79 Å². The van der Waals surface area contributed by atoms with Crippen molar-refractivity contribution in [3.05, 3.63) is 32.9 Å². The van der Waals surface area contributed by atoms with Crippen molar-refractivity contribution in [3.63, 3.8) is 0 Å². The number of amides is 1. The lowest BCUT2D eigenvalue weighted by molar-refractivity contribution is 0.0917. The third-order valence-corrected chi connectivity index (χ3v) is 4.07. The first-order valence-electron chi connectivity index (χ1n) is 5.24. The Morgan fingerprint density at radius 1 is 1.47 bits per heavy atom. The van der Waals surface area contributed by atoms with Crippen molar-refractivity contribution in [1.82, 2.24) is 5.32 Å². The minimum Gasteiger partial charge on any atom is -0.349 e. The summed E-state index contributed by atoms with van der Waals surface area (Å²) in [7, 11) is 0. The smallest absolute Gasteiger partial charge is 0.251 e. The van der Waals surface area contributed by atoms with Gasteiger partial charge >= 0.3 is 0 Å². The number of nitrogens with one attached hydrogen (secondary N) is 1. The van der Waals surface area contributed by atoms with Gasteiger partial charge in [-0.25, -0.2) is 0 Å². The topological polar surface area (TPSA) is 29.1 Å². The Bertz CT molecular complexity index is 385. The fourth-order valence-electron chi connectivity index (χ4n) is 1.61. The van der Waals surface area contributed by atoms with Crippen molar-refractivity contribution in [2.75, 3.05) is 0 Å². The Hall–Kier alpha value is -0.580. The Kier molecular flexibility index (Phi) is 3.29. The molecule has 0 atom stereocenters. The van der Waals surface area contributed by atoms with Crippen molar-refractivity contribution >= 4 is 28.5 Å². The van der Waals surface area contributed by atoms with Gasteiger partial charge in [0.25, 0.3) is 5.91 Å². The molecular formula is C12H14INO. The molecule has 1 aliphatic carbocycles. The van der Waals surface area contributed by atoms with Gasteiger partial charge in [0.2, 0.25) is 0 Å². The zero-order valence-electron chi connectivity index (χ0n) is 8.72. The Morgan fingerprint density at radius 3 is 2.73 bits per heavy atom. The zero-order chi connectivity index (χ0) is 10.8. The van der Waals surface area contributed by atoms with E-state index in [1.54, 1.807) is 0 Å². The van der Waals surface area contributed by atoms with Gasteiger partial charge in [-0.1, -0.05) is 0 Å². The normalized spacial score (nSPS) is 15.9. The molecular weight excluding hydrogens is 301 g/mol. The lowest BCUT2D eigenvalue weighted by atomic mass is 9.93. The molecule has 80 valence electrons. The Balaban J connectivity index is 2.07. The van der Waals surface area contributed by atoms with Crippen LogP contribution in [0.5, 0.6) is 0 Å². The molecule has 1 aromatic carbocycles. The lowest BCUT2D eigenvalue weighted by Gasteiger charge is -2.26. The number of rotatable bonds is 2. The minimum atomic E-state index is 0.0687. The van der Waals surface area contributed by atoms with Gasteiger partial charge in [0.15, 0.2) is 0 Å². The molecule has 2 nitrogen and oxygen atoms in total. The highest BCUT2D eigenvalue weighted by atomic mass is 127. The molecule has 0 spiro atoms. The van der Waals surface area contributed by atoms with Crippen LogP contribution in [-0.4, -0.2) is 11.9 Å². The first-order chi connectivity index (χ1) is 7.16. The fourth-order valence-corrected chi connectivity index (χ4v) is 1.94. The van der Waals surface area contributed by atoms with E-state index in [2.05, 4.69) is 27.9 Å². The van der Waals surface area contributed by atoms with Gasteiger partial charge in [0, 0.05) is 15.2 Å². The average molecular weight is 315 g/mol. The van der Waals surface area contributed by atoms with Crippen molar-refractivity contribution in [2.24, 2.45) is 0 Å². The Morgan fingerprint density at radius 2 is 2.20 bits per heavy atom. The predicted octanol–water partition coefficient (Wildman–Crippen LogP) is 2.88. The van der Waals surface area contributed by atoms with Gasteiger partial charge in [-0.15, -0.1) is 0 Å². The van der Waals surface area contributed by atoms with Gasteiger partial charge in [-0.05, 0) is 72.5 Å². The number of carbonyl (C=O) groups is 1. The molecule has 2 rings (SSSR count). The summed E-state index contributed by atoms with van der Waals surface area (Å²) in [6.45, 7) is 2.03. The second kappa shape index (κ2) is 4.51. The maximum atomic E-state index is 11.8. The molecule has 1 aromatic rings. The molecule has 0 bridgehead atoms. The molecule has 0 radical (unpaired) electrons. The van der Waals surface area contributed by atoms with E-state index in [1.807, 2.05) is 25.1 Å². The second-order valence-electron chi connectivity index (χ2n) is 4.07. The van der Waals surface area contributed by atoms with E-state index >= 15 is 0 Å². The largest absolute Gasteiger partial charge is 0.349 e.